The second kappa shape index (κ2) is 8.81. The SMILES string of the molecule is CC(Sc1ccc(Cl)cc1)C(=O)OCCCc1cccnc1. The minimum atomic E-state index is -0.237. The van der Waals surface area contributed by atoms with Crippen LogP contribution >= 0.6 is 23.4 Å². The molecule has 2 aromatic rings. The van der Waals surface area contributed by atoms with Crippen LogP contribution in [-0.2, 0) is 16.0 Å². The second-order valence-electron chi connectivity index (χ2n) is 4.85. The molecule has 0 saturated heterocycles. The van der Waals surface area contributed by atoms with Gasteiger partial charge in [0.2, 0.25) is 0 Å². The molecule has 0 bridgehead atoms. The van der Waals surface area contributed by atoms with E-state index in [1.807, 2.05) is 49.5 Å². The molecule has 1 atom stereocenters. The third-order valence-electron chi connectivity index (χ3n) is 3.04. The molecule has 0 N–H and O–H groups in total. The van der Waals surface area contributed by atoms with Crippen LogP contribution in [0.2, 0.25) is 5.02 Å². The highest BCUT2D eigenvalue weighted by Crippen LogP contribution is 2.25. The minimum Gasteiger partial charge on any atom is -0.465 e. The Hall–Kier alpha value is -1.52. The summed E-state index contributed by atoms with van der Waals surface area (Å²) in [4.78, 5) is 17.0. The van der Waals surface area contributed by atoms with Crippen molar-refractivity contribution < 1.29 is 9.53 Å². The molecule has 0 aliphatic heterocycles. The van der Waals surface area contributed by atoms with Gasteiger partial charge in [0.05, 0.1) is 6.61 Å². The number of esters is 1. The highest BCUT2D eigenvalue weighted by atomic mass is 35.5. The maximum atomic E-state index is 11.9. The molecule has 0 spiro atoms. The molecule has 5 heteroatoms. The van der Waals surface area contributed by atoms with Crippen molar-refractivity contribution >= 4 is 29.3 Å². The van der Waals surface area contributed by atoms with Gasteiger partial charge in [0.25, 0.3) is 0 Å². The van der Waals surface area contributed by atoms with Gasteiger partial charge in [-0.3, -0.25) is 9.78 Å². The van der Waals surface area contributed by atoms with Crippen molar-refractivity contribution in [1.82, 2.24) is 4.98 Å². The summed E-state index contributed by atoms with van der Waals surface area (Å²) in [6, 6.07) is 11.4. The molecule has 2 rings (SSSR count). The zero-order chi connectivity index (χ0) is 15.8. The molecule has 3 nitrogen and oxygen atoms in total. The van der Waals surface area contributed by atoms with Crippen molar-refractivity contribution in [1.29, 1.82) is 0 Å². The second-order valence-corrected chi connectivity index (χ2v) is 6.70. The van der Waals surface area contributed by atoms with Crippen molar-refractivity contribution in [3.8, 4) is 0 Å². The van der Waals surface area contributed by atoms with E-state index >= 15 is 0 Å². The Bertz CT molecular complexity index is 589. The first kappa shape index (κ1) is 16.8. The van der Waals surface area contributed by atoms with Crippen molar-refractivity contribution in [2.24, 2.45) is 0 Å². The van der Waals surface area contributed by atoms with Crippen molar-refractivity contribution in [3.63, 3.8) is 0 Å². The Balaban J connectivity index is 1.69. The molecule has 1 unspecified atom stereocenters. The molecule has 0 amide bonds. The minimum absolute atomic E-state index is 0.189. The summed E-state index contributed by atoms with van der Waals surface area (Å²) in [6.45, 7) is 2.28. The van der Waals surface area contributed by atoms with E-state index in [2.05, 4.69) is 4.98 Å². The molecule has 0 aliphatic carbocycles. The highest BCUT2D eigenvalue weighted by Gasteiger charge is 2.15. The van der Waals surface area contributed by atoms with E-state index in [9.17, 15) is 4.79 Å². The summed E-state index contributed by atoms with van der Waals surface area (Å²) in [7, 11) is 0. The van der Waals surface area contributed by atoms with Crippen LogP contribution in [0.15, 0.2) is 53.7 Å². The first-order valence-electron chi connectivity index (χ1n) is 7.13. The van der Waals surface area contributed by atoms with Gasteiger partial charge in [0.15, 0.2) is 0 Å². The fraction of sp³-hybridized carbons (Fsp3) is 0.294. The molecular weight excluding hydrogens is 318 g/mol. The van der Waals surface area contributed by atoms with E-state index in [-0.39, 0.29) is 11.2 Å². The fourth-order valence-electron chi connectivity index (χ4n) is 1.88. The van der Waals surface area contributed by atoms with Gasteiger partial charge in [-0.2, -0.15) is 0 Å². The highest BCUT2D eigenvalue weighted by molar-refractivity contribution is 8.00. The zero-order valence-corrected chi connectivity index (χ0v) is 13.9. The standard InChI is InChI=1S/C17H18ClNO2S/c1-13(22-16-8-6-15(18)7-9-16)17(20)21-11-3-5-14-4-2-10-19-12-14/h2,4,6-10,12-13H,3,5,11H2,1H3. The lowest BCUT2D eigenvalue weighted by molar-refractivity contribution is -0.142. The van der Waals surface area contributed by atoms with Crippen molar-refractivity contribution in [3.05, 3.63) is 59.4 Å². The van der Waals surface area contributed by atoms with E-state index in [1.54, 1.807) is 6.20 Å². The number of carbonyl (C=O) groups excluding carboxylic acids is 1. The lowest BCUT2D eigenvalue weighted by Crippen LogP contribution is -2.17. The number of pyridine rings is 1. The van der Waals surface area contributed by atoms with Gasteiger partial charge in [-0.1, -0.05) is 17.7 Å². The number of halogens is 1. The third-order valence-corrected chi connectivity index (χ3v) is 4.38. The molecule has 0 radical (unpaired) electrons. The average Bonchev–Trinajstić information content (AvgIpc) is 2.54. The smallest absolute Gasteiger partial charge is 0.319 e. The number of carbonyl (C=O) groups is 1. The van der Waals surface area contributed by atoms with Gasteiger partial charge in [-0.05, 0) is 55.7 Å². The molecule has 0 aliphatic rings. The van der Waals surface area contributed by atoms with Gasteiger partial charge in [0.1, 0.15) is 5.25 Å². The summed E-state index contributed by atoms with van der Waals surface area (Å²) in [5, 5.41) is 0.453. The van der Waals surface area contributed by atoms with Crippen molar-refractivity contribution in [2.45, 2.75) is 29.9 Å². The monoisotopic (exact) mass is 335 g/mol. The predicted molar refractivity (Wildman–Crippen MR) is 90.3 cm³/mol. The van der Waals surface area contributed by atoms with E-state index in [0.29, 0.717) is 11.6 Å². The summed E-state index contributed by atoms with van der Waals surface area (Å²) in [5.41, 5.74) is 1.15. The fourth-order valence-corrected chi connectivity index (χ4v) is 2.87. The Morgan fingerprint density at radius 2 is 2.09 bits per heavy atom. The molecule has 0 saturated carbocycles. The Morgan fingerprint density at radius 3 is 2.77 bits per heavy atom. The number of aromatic nitrogens is 1. The van der Waals surface area contributed by atoms with Crippen LogP contribution in [-0.4, -0.2) is 22.8 Å². The first-order chi connectivity index (χ1) is 10.6. The molecule has 1 aromatic carbocycles. The number of hydrogen-bond donors (Lipinski definition) is 0. The molecule has 22 heavy (non-hydrogen) atoms. The number of rotatable bonds is 7. The average molecular weight is 336 g/mol. The van der Waals surface area contributed by atoms with Gasteiger partial charge in [-0.15, -0.1) is 11.8 Å². The largest absolute Gasteiger partial charge is 0.465 e. The van der Waals surface area contributed by atoms with Gasteiger partial charge in [0, 0.05) is 22.3 Å². The Morgan fingerprint density at radius 1 is 1.32 bits per heavy atom. The van der Waals surface area contributed by atoms with Crippen LogP contribution in [0.4, 0.5) is 0 Å². The summed E-state index contributed by atoms with van der Waals surface area (Å²) in [6.07, 6.45) is 5.25. The predicted octanol–water partition coefficient (Wildman–Crippen LogP) is 4.39. The number of ether oxygens (including phenoxy) is 1. The van der Waals surface area contributed by atoms with Crippen LogP contribution in [0.1, 0.15) is 18.9 Å². The van der Waals surface area contributed by atoms with E-state index in [4.69, 9.17) is 16.3 Å². The van der Waals surface area contributed by atoms with Crippen LogP contribution < -0.4 is 0 Å². The summed E-state index contributed by atoms with van der Waals surface area (Å²) >= 11 is 7.31. The normalized spacial score (nSPS) is 11.9. The Labute approximate surface area is 140 Å². The van der Waals surface area contributed by atoms with Gasteiger partial charge >= 0.3 is 5.97 Å². The van der Waals surface area contributed by atoms with Crippen LogP contribution in [0.3, 0.4) is 0 Å². The lowest BCUT2D eigenvalue weighted by Gasteiger charge is -2.11. The summed E-state index contributed by atoms with van der Waals surface area (Å²) in [5.74, 6) is -0.189. The van der Waals surface area contributed by atoms with E-state index < -0.39 is 0 Å². The van der Waals surface area contributed by atoms with Gasteiger partial charge < -0.3 is 4.74 Å². The van der Waals surface area contributed by atoms with Crippen LogP contribution in [0.25, 0.3) is 0 Å². The topological polar surface area (TPSA) is 39.2 Å². The Kier molecular flexibility index (Phi) is 6.74. The van der Waals surface area contributed by atoms with Gasteiger partial charge in [-0.25, -0.2) is 0 Å². The first-order valence-corrected chi connectivity index (χ1v) is 8.38. The van der Waals surface area contributed by atoms with E-state index in [0.717, 1.165) is 23.3 Å². The van der Waals surface area contributed by atoms with E-state index in [1.165, 1.54) is 11.8 Å². The molecule has 1 heterocycles. The quantitative estimate of drug-likeness (QED) is 0.427. The number of thioether (sulfide) groups is 1. The maximum absolute atomic E-state index is 11.9. The van der Waals surface area contributed by atoms with Crippen molar-refractivity contribution in [2.75, 3.05) is 6.61 Å². The summed E-state index contributed by atoms with van der Waals surface area (Å²) < 4.78 is 5.32. The number of nitrogens with zero attached hydrogens (tertiary/aromatic N) is 1. The lowest BCUT2D eigenvalue weighted by atomic mass is 10.2. The molecule has 116 valence electrons. The third kappa shape index (κ3) is 5.70. The van der Waals surface area contributed by atoms with Crippen LogP contribution in [0, 0.1) is 0 Å². The molecule has 0 fully saturated rings. The number of aryl methyl sites for hydroxylation is 1. The van der Waals surface area contributed by atoms with Crippen LogP contribution in [0.5, 0.6) is 0 Å². The number of benzene rings is 1. The molecular formula is C17H18ClNO2S. The maximum Gasteiger partial charge on any atom is 0.319 e. The molecule has 1 aromatic heterocycles. The number of hydrogen-bond acceptors (Lipinski definition) is 4. The zero-order valence-electron chi connectivity index (χ0n) is 12.4.